The van der Waals surface area contributed by atoms with Crippen molar-refractivity contribution in [2.45, 2.75) is 51.4 Å². The first-order valence-electron chi connectivity index (χ1n) is 6.32. The lowest BCUT2D eigenvalue weighted by atomic mass is 9.98. The lowest BCUT2D eigenvalue weighted by Gasteiger charge is -2.26. The van der Waals surface area contributed by atoms with Crippen molar-refractivity contribution in [2.24, 2.45) is 0 Å². The van der Waals surface area contributed by atoms with Gasteiger partial charge in [0, 0.05) is 4.47 Å². The molecular weight excluding hydrogens is 280 g/mol. The van der Waals surface area contributed by atoms with Gasteiger partial charge in [0.15, 0.2) is 6.29 Å². The Morgan fingerprint density at radius 1 is 1.12 bits per heavy atom. The molecule has 0 radical (unpaired) electrons. The summed E-state index contributed by atoms with van der Waals surface area (Å²) in [4.78, 5) is 0. The van der Waals surface area contributed by atoms with E-state index in [0.29, 0.717) is 6.10 Å². The van der Waals surface area contributed by atoms with E-state index in [0.717, 1.165) is 10.2 Å². The summed E-state index contributed by atoms with van der Waals surface area (Å²) in [6.07, 6.45) is 6.49. The fraction of sp³-hybridized carbons (Fsp3) is 0.571. The average Bonchev–Trinajstić information content (AvgIpc) is 2.33. The van der Waals surface area contributed by atoms with Gasteiger partial charge in [0.1, 0.15) is 5.75 Å². The summed E-state index contributed by atoms with van der Waals surface area (Å²) >= 11 is 3.40. The molecule has 1 aliphatic rings. The number of hydrogen-bond donors (Lipinski definition) is 0. The van der Waals surface area contributed by atoms with Gasteiger partial charge < -0.3 is 9.47 Å². The van der Waals surface area contributed by atoms with Crippen LogP contribution in [-0.4, -0.2) is 12.4 Å². The van der Waals surface area contributed by atoms with Gasteiger partial charge >= 0.3 is 0 Å². The summed E-state index contributed by atoms with van der Waals surface area (Å²) < 4.78 is 12.7. The van der Waals surface area contributed by atoms with E-state index in [4.69, 9.17) is 9.47 Å². The number of halogens is 1. The molecule has 1 aliphatic carbocycles. The summed E-state index contributed by atoms with van der Waals surface area (Å²) in [6, 6.07) is 7.85. The van der Waals surface area contributed by atoms with E-state index in [2.05, 4.69) is 15.9 Å². The van der Waals surface area contributed by atoms with Gasteiger partial charge in [-0.3, -0.25) is 0 Å². The number of rotatable bonds is 4. The Labute approximate surface area is 111 Å². The van der Waals surface area contributed by atoms with Crippen LogP contribution in [0.3, 0.4) is 0 Å². The number of hydrogen-bond acceptors (Lipinski definition) is 2. The molecule has 0 spiro atoms. The minimum Gasteiger partial charge on any atom is -0.465 e. The molecule has 17 heavy (non-hydrogen) atoms. The van der Waals surface area contributed by atoms with Crippen molar-refractivity contribution >= 4 is 15.9 Å². The summed E-state index contributed by atoms with van der Waals surface area (Å²) in [5, 5.41) is 0. The molecule has 1 aromatic carbocycles. The van der Waals surface area contributed by atoms with E-state index in [1.807, 2.05) is 31.2 Å². The predicted octanol–water partition coefficient (Wildman–Crippen LogP) is 4.52. The molecule has 0 N–H and O–H groups in total. The van der Waals surface area contributed by atoms with E-state index in [-0.39, 0.29) is 6.29 Å². The van der Waals surface area contributed by atoms with Gasteiger partial charge in [-0.1, -0.05) is 35.2 Å². The second-order valence-electron chi connectivity index (χ2n) is 4.54. The van der Waals surface area contributed by atoms with Gasteiger partial charge in [0.25, 0.3) is 0 Å². The second kappa shape index (κ2) is 6.41. The SMILES string of the molecule is CC(Oc1ccc(Br)cc1)OC1CCCCC1. The van der Waals surface area contributed by atoms with Crippen LogP contribution < -0.4 is 4.74 Å². The maximum Gasteiger partial charge on any atom is 0.197 e. The van der Waals surface area contributed by atoms with Gasteiger partial charge in [-0.2, -0.15) is 0 Å². The molecule has 0 aromatic heterocycles. The van der Waals surface area contributed by atoms with Crippen LogP contribution in [-0.2, 0) is 4.74 Å². The molecule has 1 aromatic rings. The van der Waals surface area contributed by atoms with Crippen molar-refractivity contribution in [1.82, 2.24) is 0 Å². The Balaban J connectivity index is 1.79. The van der Waals surface area contributed by atoms with Crippen molar-refractivity contribution in [2.75, 3.05) is 0 Å². The zero-order chi connectivity index (χ0) is 12.1. The molecule has 1 atom stereocenters. The van der Waals surface area contributed by atoms with Crippen molar-refractivity contribution in [1.29, 1.82) is 0 Å². The van der Waals surface area contributed by atoms with Gasteiger partial charge in [0.2, 0.25) is 0 Å². The van der Waals surface area contributed by atoms with E-state index in [9.17, 15) is 0 Å². The van der Waals surface area contributed by atoms with E-state index in [1.165, 1.54) is 32.1 Å². The Bertz CT molecular complexity index is 331. The molecule has 1 saturated carbocycles. The highest BCUT2D eigenvalue weighted by molar-refractivity contribution is 9.10. The van der Waals surface area contributed by atoms with Gasteiger partial charge in [-0.05, 0) is 44.0 Å². The van der Waals surface area contributed by atoms with Gasteiger partial charge in [0.05, 0.1) is 6.10 Å². The minimum absolute atomic E-state index is 0.167. The summed E-state index contributed by atoms with van der Waals surface area (Å²) in [6.45, 7) is 1.97. The average molecular weight is 299 g/mol. The molecule has 1 unspecified atom stereocenters. The Hall–Kier alpha value is -0.540. The fourth-order valence-electron chi connectivity index (χ4n) is 2.20. The largest absolute Gasteiger partial charge is 0.465 e. The normalized spacial score (nSPS) is 18.9. The Kier molecular flexibility index (Phi) is 4.86. The third-order valence-corrected chi connectivity index (χ3v) is 3.58. The summed E-state index contributed by atoms with van der Waals surface area (Å²) in [5.74, 6) is 0.858. The van der Waals surface area contributed by atoms with Crippen molar-refractivity contribution in [3.8, 4) is 5.75 Å². The first kappa shape index (κ1) is 12.9. The summed E-state index contributed by atoms with van der Waals surface area (Å²) in [7, 11) is 0. The lowest BCUT2D eigenvalue weighted by molar-refractivity contribution is -0.116. The zero-order valence-corrected chi connectivity index (χ0v) is 11.8. The van der Waals surface area contributed by atoms with Crippen LogP contribution in [0.2, 0.25) is 0 Å². The lowest BCUT2D eigenvalue weighted by Crippen LogP contribution is -2.26. The van der Waals surface area contributed by atoms with Crippen LogP contribution in [0.4, 0.5) is 0 Å². The number of ether oxygens (including phenoxy) is 2. The maximum absolute atomic E-state index is 5.89. The first-order valence-corrected chi connectivity index (χ1v) is 7.11. The van der Waals surface area contributed by atoms with E-state index < -0.39 is 0 Å². The molecule has 3 heteroatoms. The van der Waals surface area contributed by atoms with Crippen molar-refractivity contribution in [3.05, 3.63) is 28.7 Å². The molecule has 0 heterocycles. The second-order valence-corrected chi connectivity index (χ2v) is 5.45. The smallest absolute Gasteiger partial charge is 0.197 e. The molecule has 0 saturated heterocycles. The molecule has 0 bridgehead atoms. The molecular formula is C14H19BrO2. The summed E-state index contributed by atoms with van der Waals surface area (Å²) in [5.41, 5.74) is 0. The third-order valence-electron chi connectivity index (χ3n) is 3.05. The predicted molar refractivity (Wildman–Crippen MR) is 72.2 cm³/mol. The topological polar surface area (TPSA) is 18.5 Å². The minimum atomic E-state index is -0.167. The fourth-order valence-corrected chi connectivity index (χ4v) is 2.47. The Morgan fingerprint density at radius 2 is 1.76 bits per heavy atom. The van der Waals surface area contributed by atoms with Gasteiger partial charge in [-0.15, -0.1) is 0 Å². The van der Waals surface area contributed by atoms with Crippen LogP contribution >= 0.6 is 15.9 Å². The highest BCUT2D eigenvalue weighted by Crippen LogP contribution is 2.23. The number of benzene rings is 1. The van der Waals surface area contributed by atoms with Crippen LogP contribution in [0.1, 0.15) is 39.0 Å². The molecule has 0 amide bonds. The maximum atomic E-state index is 5.89. The van der Waals surface area contributed by atoms with Crippen molar-refractivity contribution < 1.29 is 9.47 Å². The molecule has 2 nitrogen and oxygen atoms in total. The van der Waals surface area contributed by atoms with Crippen LogP contribution in [0.15, 0.2) is 28.7 Å². The molecule has 0 aliphatic heterocycles. The monoisotopic (exact) mass is 298 g/mol. The third kappa shape index (κ3) is 4.32. The quantitative estimate of drug-likeness (QED) is 0.761. The van der Waals surface area contributed by atoms with Crippen molar-refractivity contribution in [3.63, 3.8) is 0 Å². The highest BCUT2D eigenvalue weighted by atomic mass is 79.9. The van der Waals surface area contributed by atoms with E-state index >= 15 is 0 Å². The standard InChI is InChI=1S/C14H19BrO2/c1-11(16-13-5-3-2-4-6-13)17-14-9-7-12(15)8-10-14/h7-11,13H,2-6H2,1H3. The van der Waals surface area contributed by atoms with Gasteiger partial charge in [-0.25, -0.2) is 0 Å². The zero-order valence-electron chi connectivity index (χ0n) is 10.2. The molecule has 1 fully saturated rings. The van der Waals surface area contributed by atoms with Crippen LogP contribution in [0.5, 0.6) is 5.75 Å². The van der Waals surface area contributed by atoms with E-state index in [1.54, 1.807) is 0 Å². The Morgan fingerprint density at radius 3 is 2.41 bits per heavy atom. The highest BCUT2D eigenvalue weighted by Gasteiger charge is 2.17. The van der Waals surface area contributed by atoms with Crippen LogP contribution in [0.25, 0.3) is 0 Å². The first-order chi connectivity index (χ1) is 8.24. The molecule has 94 valence electrons. The van der Waals surface area contributed by atoms with Crippen LogP contribution in [0, 0.1) is 0 Å². The molecule has 2 rings (SSSR count).